The number of nitrogens with one attached hydrogen (secondary N) is 1. The number of carbonyl (C=O) groups excluding carboxylic acids is 1. The highest BCUT2D eigenvalue weighted by molar-refractivity contribution is 8.00. The van der Waals surface area contributed by atoms with Gasteiger partial charge in [0.1, 0.15) is 0 Å². The van der Waals surface area contributed by atoms with Crippen molar-refractivity contribution >= 4 is 23.4 Å². The molecule has 0 amide bonds. The van der Waals surface area contributed by atoms with Crippen LogP contribution in [0.4, 0.5) is 5.69 Å². The Morgan fingerprint density at radius 1 is 1.10 bits per heavy atom. The Morgan fingerprint density at radius 2 is 1.83 bits per heavy atom. The van der Waals surface area contributed by atoms with Crippen LogP contribution in [0.1, 0.15) is 31.7 Å². The quantitative estimate of drug-likeness (QED) is 0.308. The molecule has 0 aromatic heterocycles. The van der Waals surface area contributed by atoms with Crippen molar-refractivity contribution in [3.63, 3.8) is 0 Å². The molecule has 0 bridgehead atoms. The zero-order chi connectivity index (χ0) is 21.0. The van der Waals surface area contributed by atoms with Gasteiger partial charge in [-0.3, -0.25) is 4.79 Å². The van der Waals surface area contributed by atoms with Crippen LogP contribution in [0.15, 0.2) is 59.5 Å². The van der Waals surface area contributed by atoms with Gasteiger partial charge in [-0.2, -0.15) is 0 Å². The summed E-state index contributed by atoms with van der Waals surface area (Å²) in [5.41, 5.74) is 2.61. The highest BCUT2D eigenvalue weighted by Crippen LogP contribution is 2.24. The van der Waals surface area contributed by atoms with Gasteiger partial charge in [-0.1, -0.05) is 30.3 Å². The first-order valence-corrected chi connectivity index (χ1v) is 12.1. The number of rotatable bonds is 11. The number of ether oxygens (including phenoxy) is 1. The Hall–Kier alpha value is -1.98. The third-order valence-electron chi connectivity index (χ3n) is 5.57. The Kier molecular flexibility index (Phi) is 9.58. The number of likely N-dealkylation sites (tertiary alicyclic amines) is 1. The van der Waals surface area contributed by atoms with Crippen molar-refractivity contribution in [2.24, 2.45) is 5.92 Å². The van der Waals surface area contributed by atoms with Gasteiger partial charge in [0.2, 0.25) is 0 Å². The molecule has 0 radical (unpaired) electrons. The number of benzene rings is 2. The molecule has 1 heterocycles. The van der Waals surface area contributed by atoms with Gasteiger partial charge in [0.05, 0.1) is 12.4 Å². The van der Waals surface area contributed by atoms with E-state index in [2.05, 4.69) is 64.8 Å². The minimum Gasteiger partial charge on any atom is -0.465 e. The fourth-order valence-electron chi connectivity index (χ4n) is 3.91. The lowest BCUT2D eigenvalue weighted by Gasteiger charge is -2.32. The molecule has 0 atom stereocenters. The van der Waals surface area contributed by atoms with E-state index in [1.54, 1.807) is 11.8 Å². The van der Waals surface area contributed by atoms with E-state index < -0.39 is 0 Å². The average Bonchev–Trinajstić information content (AvgIpc) is 2.78. The summed E-state index contributed by atoms with van der Waals surface area (Å²) in [5.74, 6) is 1.02. The molecule has 1 aliphatic rings. The first kappa shape index (κ1) is 22.7. The number of piperidine rings is 1. The molecule has 0 spiro atoms. The average molecular weight is 427 g/mol. The Morgan fingerprint density at radius 3 is 2.53 bits per heavy atom. The number of para-hydroxylation sites is 1. The molecule has 3 rings (SSSR count). The molecule has 1 saturated heterocycles. The molecule has 2 aromatic carbocycles. The molecule has 162 valence electrons. The lowest BCUT2D eigenvalue weighted by atomic mass is 9.90. The standard InChI is InChI=1S/C25H34N2O2S/c1-2-29-25(28)20-30-24-11-9-21(10-12-24)19-22-13-17-27(18-14-22)16-6-15-26-23-7-4-3-5-8-23/h3-5,7-12,22,26H,2,6,13-20H2,1H3. The van der Waals surface area contributed by atoms with E-state index in [0.717, 1.165) is 23.8 Å². The number of hydrogen-bond acceptors (Lipinski definition) is 5. The molecule has 30 heavy (non-hydrogen) atoms. The van der Waals surface area contributed by atoms with Crippen molar-refractivity contribution in [2.75, 3.05) is 43.9 Å². The molecule has 5 heteroatoms. The summed E-state index contributed by atoms with van der Waals surface area (Å²) in [6, 6.07) is 19.1. The minimum atomic E-state index is -0.144. The van der Waals surface area contributed by atoms with Crippen molar-refractivity contribution in [3.05, 3.63) is 60.2 Å². The molecule has 1 aliphatic heterocycles. The van der Waals surface area contributed by atoms with Crippen molar-refractivity contribution in [3.8, 4) is 0 Å². The predicted octanol–water partition coefficient (Wildman–Crippen LogP) is 5.10. The summed E-state index contributed by atoms with van der Waals surface area (Å²) < 4.78 is 4.98. The molecular weight excluding hydrogens is 392 g/mol. The van der Waals surface area contributed by atoms with E-state index in [4.69, 9.17) is 4.74 Å². The van der Waals surface area contributed by atoms with E-state index in [1.165, 1.54) is 50.1 Å². The second-order valence-corrected chi connectivity index (χ2v) is 8.92. The fraction of sp³-hybridized carbons (Fsp3) is 0.480. The second-order valence-electron chi connectivity index (χ2n) is 7.87. The third-order valence-corrected chi connectivity index (χ3v) is 6.56. The van der Waals surface area contributed by atoms with Crippen LogP contribution in [-0.4, -0.2) is 49.4 Å². The topological polar surface area (TPSA) is 41.6 Å². The van der Waals surface area contributed by atoms with Crippen LogP contribution in [0.3, 0.4) is 0 Å². The van der Waals surface area contributed by atoms with E-state index in [1.807, 2.05) is 6.92 Å². The van der Waals surface area contributed by atoms with Gasteiger partial charge in [0.25, 0.3) is 0 Å². The normalized spacial score (nSPS) is 15.1. The highest BCUT2D eigenvalue weighted by atomic mass is 32.2. The van der Waals surface area contributed by atoms with Crippen molar-refractivity contribution < 1.29 is 9.53 Å². The summed E-state index contributed by atoms with van der Waals surface area (Å²) >= 11 is 1.55. The lowest BCUT2D eigenvalue weighted by Crippen LogP contribution is -2.35. The van der Waals surface area contributed by atoms with Crippen LogP contribution in [0.25, 0.3) is 0 Å². The molecular formula is C25H34N2O2S. The van der Waals surface area contributed by atoms with Gasteiger partial charge in [-0.15, -0.1) is 11.8 Å². The van der Waals surface area contributed by atoms with Crippen LogP contribution < -0.4 is 5.32 Å². The van der Waals surface area contributed by atoms with Crippen molar-refractivity contribution in [1.82, 2.24) is 4.90 Å². The van der Waals surface area contributed by atoms with E-state index in [9.17, 15) is 4.79 Å². The van der Waals surface area contributed by atoms with Crippen LogP contribution in [0.5, 0.6) is 0 Å². The summed E-state index contributed by atoms with van der Waals surface area (Å²) in [7, 11) is 0. The van der Waals surface area contributed by atoms with Gasteiger partial charge < -0.3 is 15.0 Å². The maximum Gasteiger partial charge on any atom is 0.316 e. The number of anilines is 1. The lowest BCUT2D eigenvalue weighted by molar-refractivity contribution is -0.139. The van der Waals surface area contributed by atoms with Crippen molar-refractivity contribution in [1.29, 1.82) is 0 Å². The molecule has 0 aliphatic carbocycles. The van der Waals surface area contributed by atoms with Gasteiger partial charge in [0, 0.05) is 17.1 Å². The molecule has 1 N–H and O–H groups in total. The van der Waals surface area contributed by atoms with Gasteiger partial charge in [-0.25, -0.2) is 0 Å². The second kappa shape index (κ2) is 12.7. The molecule has 0 unspecified atom stereocenters. The third kappa shape index (κ3) is 8.04. The number of nitrogens with zero attached hydrogens (tertiary/aromatic N) is 1. The number of hydrogen-bond donors (Lipinski definition) is 1. The fourth-order valence-corrected chi connectivity index (χ4v) is 4.60. The van der Waals surface area contributed by atoms with Gasteiger partial charge in [-0.05, 0) is 88.0 Å². The Balaban J connectivity index is 1.30. The first-order chi connectivity index (χ1) is 14.7. The first-order valence-electron chi connectivity index (χ1n) is 11.1. The predicted molar refractivity (Wildman–Crippen MR) is 126 cm³/mol. The molecule has 4 nitrogen and oxygen atoms in total. The van der Waals surface area contributed by atoms with Crippen LogP contribution in [0, 0.1) is 5.92 Å². The van der Waals surface area contributed by atoms with Crippen molar-refractivity contribution in [2.45, 2.75) is 37.5 Å². The number of carbonyl (C=O) groups is 1. The zero-order valence-electron chi connectivity index (χ0n) is 18.0. The zero-order valence-corrected chi connectivity index (χ0v) is 18.8. The monoisotopic (exact) mass is 426 g/mol. The smallest absolute Gasteiger partial charge is 0.316 e. The van der Waals surface area contributed by atoms with E-state index >= 15 is 0 Å². The van der Waals surface area contributed by atoms with Crippen LogP contribution in [-0.2, 0) is 16.0 Å². The van der Waals surface area contributed by atoms with E-state index in [0.29, 0.717) is 12.4 Å². The number of esters is 1. The Labute approximate surface area is 185 Å². The summed E-state index contributed by atoms with van der Waals surface area (Å²) in [6.45, 7) is 6.92. The SMILES string of the molecule is CCOC(=O)CSc1ccc(CC2CCN(CCCNc3ccccc3)CC2)cc1. The molecule has 0 saturated carbocycles. The Bertz CT molecular complexity index is 744. The number of thioether (sulfide) groups is 1. The molecule has 2 aromatic rings. The largest absolute Gasteiger partial charge is 0.465 e. The van der Waals surface area contributed by atoms with Gasteiger partial charge >= 0.3 is 5.97 Å². The summed E-state index contributed by atoms with van der Waals surface area (Å²) in [4.78, 5) is 15.2. The highest BCUT2D eigenvalue weighted by Gasteiger charge is 2.19. The summed E-state index contributed by atoms with van der Waals surface area (Å²) in [5, 5.41) is 3.50. The maximum absolute atomic E-state index is 11.5. The maximum atomic E-state index is 11.5. The molecule has 1 fully saturated rings. The summed E-state index contributed by atoms with van der Waals surface area (Å²) in [6.07, 6.45) is 4.91. The van der Waals surface area contributed by atoms with Crippen LogP contribution >= 0.6 is 11.8 Å². The van der Waals surface area contributed by atoms with E-state index in [-0.39, 0.29) is 5.97 Å². The van der Waals surface area contributed by atoms with Crippen LogP contribution in [0.2, 0.25) is 0 Å². The minimum absolute atomic E-state index is 0.144. The van der Waals surface area contributed by atoms with Gasteiger partial charge in [0.15, 0.2) is 0 Å².